The number of carbonyl (C=O) groups is 3. The monoisotopic (exact) mass is 272 g/mol. The summed E-state index contributed by atoms with van der Waals surface area (Å²) in [6, 6.07) is 3.71. The number of halogens is 2. The van der Waals surface area contributed by atoms with Crippen LogP contribution in [-0.4, -0.2) is 36.2 Å². The molecule has 102 valence electrons. The molecule has 0 aliphatic carbocycles. The van der Waals surface area contributed by atoms with Gasteiger partial charge in [-0.3, -0.25) is 9.59 Å². The second kappa shape index (κ2) is 6.43. The number of para-hydroxylation sites is 1. The van der Waals surface area contributed by atoms with Crippen LogP contribution >= 0.6 is 0 Å². The highest BCUT2D eigenvalue weighted by Gasteiger charge is 2.17. The maximum absolute atomic E-state index is 12.2. The Morgan fingerprint density at radius 2 is 1.63 bits per heavy atom. The molecular formula is C11H10F2N2O4. The van der Waals surface area contributed by atoms with Gasteiger partial charge in [-0.2, -0.15) is 0 Å². The molecule has 1 aromatic rings. The Bertz CT molecular complexity index is 519. The van der Waals surface area contributed by atoms with E-state index in [4.69, 9.17) is 5.11 Å². The molecule has 0 heterocycles. The molecule has 0 unspecified atom stereocenters. The normalized spacial score (nSPS) is 9.79. The van der Waals surface area contributed by atoms with Crippen LogP contribution in [0.4, 0.5) is 20.2 Å². The first-order valence-electron chi connectivity index (χ1n) is 5.07. The first kappa shape index (κ1) is 14.6. The molecule has 0 aromatic heterocycles. The maximum atomic E-state index is 12.2. The molecule has 1 aromatic carbocycles. The van der Waals surface area contributed by atoms with Crippen LogP contribution in [0.15, 0.2) is 18.2 Å². The molecule has 0 aliphatic heterocycles. The number of aromatic carboxylic acids is 1. The number of anilines is 2. The van der Waals surface area contributed by atoms with Gasteiger partial charge in [0.05, 0.1) is 16.9 Å². The number of nitrogens with one attached hydrogen (secondary N) is 2. The Hall–Kier alpha value is -2.51. The van der Waals surface area contributed by atoms with Crippen LogP contribution in [0.2, 0.25) is 0 Å². The number of hydrogen-bond donors (Lipinski definition) is 3. The standard InChI is InChI=1S/C11H10F2N2O4/c12-4-8(16)14-7-3-1-2-6(11(18)19)10(7)15-9(17)5-13/h1-3H,4-5H2,(H,14,16)(H,15,17)(H,18,19). The molecule has 0 atom stereocenters. The quantitative estimate of drug-likeness (QED) is 0.750. The summed E-state index contributed by atoms with van der Waals surface area (Å²) in [5.74, 6) is -3.48. The first-order valence-corrected chi connectivity index (χ1v) is 5.07. The van der Waals surface area contributed by atoms with E-state index in [1.165, 1.54) is 12.1 Å². The van der Waals surface area contributed by atoms with Gasteiger partial charge in [-0.05, 0) is 12.1 Å². The summed E-state index contributed by atoms with van der Waals surface area (Å²) in [4.78, 5) is 32.9. The Morgan fingerprint density at radius 3 is 2.16 bits per heavy atom. The SMILES string of the molecule is O=C(CF)Nc1cccc(C(=O)O)c1NC(=O)CF. The highest BCUT2D eigenvalue weighted by molar-refractivity contribution is 6.07. The van der Waals surface area contributed by atoms with Gasteiger partial charge in [0.1, 0.15) is 0 Å². The van der Waals surface area contributed by atoms with E-state index in [2.05, 4.69) is 5.32 Å². The fourth-order valence-electron chi connectivity index (χ4n) is 1.33. The van der Waals surface area contributed by atoms with Crippen LogP contribution in [0.3, 0.4) is 0 Å². The van der Waals surface area contributed by atoms with Crippen molar-refractivity contribution in [1.29, 1.82) is 0 Å². The van der Waals surface area contributed by atoms with Crippen LogP contribution in [0, 0.1) is 0 Å². The third kappa shape index (κ3) is 3.73. The van der Waals surface area contributed by atoms with E-state index in [9.17, 15) is 23.2 Å². The molecule has 8 heteroatoms. The average molecular weight is 272 g/mol. The largest absolute Gasteiger partial charge is 0.478 e. The average Bonchev–Trinajstić information content (AvgIpc) is 2.39. The van der Waals surface area contributed by atoms with Crippen molar-refractivity contribution in [2.45, 2.75) is 0 Å². The van der Waals surface area contributed by atoms with Crippen LogP contribution in [0.5, 0.6) is 0 Å². The zero-order valence-corrected chi connectivity index (χ0v) is 9.57. The van der Waals surface area contributed by atoms with Crippen molar-refractivity contribution in [2.75, 3.05) is 24.0 Å². The van der Waals surface area contributed by atoms with Gasteiger partial charge >= 0.3 is 5.97 Å². The minimum Gasteiger partial charge on any atom is -0.478 e. The summed E-state index contributed by atoms with van der Waals surface area (Å²) in [6.07, 6.45) is 0. The van der Waals surface area contributed by atoms with E-state index in [0.717, 1.165) is 6.07 Å². The van der Waals surface area contributed by atoms with Gasteiger partial charge in [-0.25, -0.2) is 13.6 Å². The first-order chi connectivity index (χ1) is 8.99. The number of hydrogen-bond acceptors (Lipinski definition) is 3. The van der Waals surface area contributed by atoms with Crippen molar-refractivity contribution >= 4 is 29.2 Å². The topological polar surface area (TPSA) is 95.5 Å². The Morgan fingerprint density at radius 1 is 1.05 bits per heavy atom. The minimum absolute atomic E-state index is 0.121. The number of amides is 2. The van der Waals surface area contributed by atoms with E-state index >= 15 is 0 Å². The third-order valence-electron chi connectivity index (χ3n) is 2.08. The summed E-state index contributed by atoms with van der Waals surface area (Å²) in [7, 11) is 0. The second-order valence-electron chi connectivity index (χ2n) is 3.40. The lowest BCUT2D eigenvalue weighted by Crippen LogP contribution is -2.20. The Kier molecular flexibility index (Phi) is 4.92. The van der Waals surface area contributed by atoms with E-state index in [0.29, 0.717) is 0 Å². The molecule has 19 heavy (non-hydrogen) atoms. The molecule has 0 spiro atoms. The van der Waals surface area contributed by atoms with E-state index in [-0.39, 0.29) is 16.9 Å². The zero-order valence-electron chi connectivity index (χ0n) is 9.57. The molecule has 1 rings (SSSR count). The number of alkyl halides is 2. The van der Waals surface area contributed by atoms with E-state index in [1.807, 2.05) is 5.32 Å². The molecule has 0 bridgehead atoms. The molecule has 0 saturated heterocycles. The molecule has 3 N–H and O–H groups in total. The predicted octanol–water partition coefficient (Wildman–Crippen LogP) is 1.20. The lowest BCUT2D eigenvalue weighted by molar-refractivity contribution is -0.117. The van der Waals surface area contributed by atoms with Crippen molar-refractivity contribution in [3.63, 3.8) is 0 Å². The fraction of sp³-hybridized carbons (Fsp3) is 0.182. The molecule has 0 aliphatic rings. The molecular weight excluding hydrogens is 262 g/mol. The van der Waals surface area contributed by atoms with Crippen molar-refractivity contribution in [3.8, 4) is 0 Å². The van der Waals surface area contributed by atoms with Gasteiger partial charge in [0.15, 0.2) is 13.3 Å². The fourth-order valence-corrected chi connectivity index (χ4v) is 1.33. The lowest BCUT2D eigenvalue weighted by atomic mass is 10.1. The smallest absolute Gasteiger partial charge is 0.337 e. The lowest BCUT2D eigenvalue weighted by Gasteiger charge is -2.13. The molecule has 6 nitrogen and oxygen atoms in total. The molecule has 0 fully saturated rings. The van der Waals surface area contributed by atoms with Crippen LogP contribution in [0.25, 0.3) is 0 Å². The highest BCUT2D eigenvalue weighted by atomic mass is 19.1. The highest BCUT2D eigenvalue weighted by Crippen LogP contribution is 2.26. The molecule has 2 amide bonds. The molecule has 0 saturated carbocycles. The van der Waals surface area contributed by atoms with Crippen molar-refractivity contribution < 1.29 is 28.3 Å². The van der Waals surface area contributed by atoms with Crippen molar-refractivity contribution in [3.05, 3.63) is 23.8 Å². The summed E-state index contributed by atoms with van der Waals surface area (Å²) in [5.41, 5.74) is -0.762. The number of carboxylic acid groups (broad SMARTS) is 1. The summed E-state index contributed by atoms with van der Waals surface area (Å²) < 4.78 is 24.3. The minimum atomic E-state index is -1.38. The Balaban J connectivity index is 3.21. The second-order valence-corrected chi connectivity index (χ2v) is 3.40. The molecule has 0 radical (unpaired) electrons. The Labute approximate surface area is 106 Å². The van der Waals surface area contributed by atoms with Gasteiger partial charge in [-0.1, -0.05) is 6.07 Å². The van der Waals surface area contributed by atoms with Crippen molar-refractivity contribution in [1.82, 2.24) is 0 Å². The summed E-state index contributed by atoms with van der Waals surface area (Å²) >= 11 is 0. The van der Waals surface area contributed by atoms with Crippen molar-refractivity contribution in [2.24, 2.45) is 0 Å². The van der Waals surface area contributed by atoms with Gasteiger partial charge in [0.25, 0.3) is 11.8 Å². The number of benzene rings is 1. The van der Waals surface area contributed by atoms with Crippen LogP contribution in [0.1, 0.15) is 10.4 Å². The van der Waals surface area contributed by atoms with Gasteiger partial charge in [-0.15, -0.1) is 0 Å². The van der Waals surface area contributed by atoms with E-state index < -0.39 is 31.1 Å². The van der Waals surface area contributed by atoms with Gasteiger partial charge < -0.3 is 15.7 Å². The predicted molar refractivity (Wildman–Crippen MR) is 62.6 cm³/mol. The maximum Gasteiger partial charge on any atom is 0.337 e. The van der Waals surface area contributed by atoms with Gasteiger partial charge in [0.2, 0.25) is 0 Å². The summed E-state index contributed by atoms with van der Waals surface area (Å²) in [6.45, 7) is -2.67. The van der Waals surface area contributed by atoms with Crippen LogP contribution < -0.4 is 10.6 Å². The van der Waals surface area contributed by atoms with E-state index in [1.54, 1.807) is 0 Å². The third-order valence-corrected chi connectivity index (χ3v) is 2.08. The zero-order chi connectivity index (χ0) is 14.4. The number of carboxylic acids is 1. The number of rotatable bonds is 5. The van der Waals surface area contributed by atoms with Gasteiger partial charge in [0, 0.05) is 0 Å². The number of carbonyl (C=O) groups excluding carboxylic acids is 2. The summed E-state index contributed by atoms with van der Waals surface area (Å²) in [5, 5.41) is 13.0. The van der Waals surface area contributed by atoms with Crippen LogP contribution in [-0.2, 0) is 9.59 Å².